The Morgan fingerprint density at radius 1 is 1.05 bits per heavy atom. The molecule has 0 unspecified atom stereocenters. The standard InChI is InChI=1S/C14H18N4O2/c1-19-12-7-10-11(8-13(12)20-2)16-9-17-14(10)18-5-3-15-4-6-18/h7-9,15H,3-6H2,1-2H3/p+1. The summed E-state index contributed by atoms with van der Waals surface area (Å²) in [6, 6.07) is 3.86. The quantitative estimate of drug-likeness (QED) is 0.856. The minimum atomic E-state index is 0.691. The maximum atomic E-state index is 5.38. The molecule has 1 aliphatic rings. The van der Waals surface area contributed by atoms with Crippen molar-refractivity contribution in [2.45, 2.75) is 0 Å². The van der Waals surface area contributed by atoms with E-state index in [1.807, 2.05) is 12.1 Å². The molecule has 20 heavy (non-hydrogen) atoms. The van der Waals surface area contributed by atoms with Crippen molar-refractivity contribution in [1.29, 1.82) is 0 Å². The molecule has 6 heteroatoms. The van der Waals surface area contributed by atoms with Gasteiger partial charge in [0.1, 0.15) is 12.1 Å². The molecule has 0 atom stereocenters. The molecular weight excluding hydrogens is 256 g/mol. The molecule has 6 nitrogen and oxygen atoms in total. The van der Waals surface area contributed by atoms with Crippen LogP contribution in [0.4, 0.5) is 5.82 Å². The SMILES string of the molecule is COc1cc2ncnc(N3CC[NH2+]CC3)c2cc1OC. The van der Waals surface area contributed by atoms with Crippen LogP contribution in [-0.4, -0.2) is 50.4 Å². The molecule has 1 aliphatic heterocycles. The molecule has 2 N–H and O–H groups in total. The summed E-state index contributed by atoms with van der Waals surface area (Å²) in [7, 11) is 3.27. The number of fused-ring (bicyclic) bond motifs is 1. The Kier molecular flexibility index (Phi) is 3.56. The van der Waals surface area contributed by atoms with Crippen molar-refractivity contribution in [3.8, 4) is 11.5 Å². The number of hydrogen-bond donors (Lipinski definition) is 1. The molecule has 1 aromatic heterocycles. The number of quaternary nitrogens is 1. The summed E-state index contributed by atoms with van der Waals surface area (Å²) in [5, 5.41) is 3.33. The zero-order valence-electron chi connectivity index (χ0n) is 11.8. The van der Waals surface area contributed by atoms with Crippen LogP contribution < -0.4 is 19.7 Å². The third kappa shape index (κ3) is 2.22. The minimum Gasteiger partial charge on any atom is -0.493 e. The fourth-order valence-electron chi connectivity index (χ4n) is 2.58. The van der Waals surface area contributed by atoms with Crippen LogP contribution >= 0.6 is 0 Å². The van der Waals surface area contributed by atoms with Crippen molar-refractivity contribution in [2.75, 3.05) is 45.3 Å². The highest BCUT2D eigenvalue weighted by Gasteiger charge is 2.18. The Balaban J connectivity index is 2.12. The maximum Gasteiger partial charge on any atom is 0.162 e. The lowest BCUT2D eigenvalue weighted by Gasteiger charge is -2.27. The van der Waals surface area contributed by atoms with Gasteiger partial charge in [-0.05, 0) is 6.07 Å². The highest BCUT2D eigenvalue weighted by atomic mass is 16.5. The van der Waals surface area contributed by atoms with Crippen molar-refractivity contribution in [1.82, 2.24) is 9.97 Å². The van der Waals surface area contributed by atoms with E-state index in [9.17, 15) is 0 Å². The van der Waals surface area contributed by atoms with E-state index in [-0.39, 0.29) is 0 Å². The summed E-state index contributed by atoms with van der Waals surface area (Å²) in [5.74, 6) is 2.38. The number of methoxy groups -OCH3 is 2. The zero-order valence-corrected chi connectivity index (χ0v) is 11.8. The van der Waals surface area contributed by atoms with E-state index in [1.165, 1.54) is 0 Å². The van der Waals surface area contributed by atoms with Crippen molar-refractivity contribution >= 4 is 16.7 Å². The van der Waals surface area contributed by atoms with Crippen molar-refractivity contribution < 1.29 is 14.8 Å². The van der Waals surface area contributed by atoms with Gasteiger partial charge in [0.15, 0.2) is 11.5 Å². The van der Waals surface area contributed by atoms with Gasteiger partial charge >= 0.3 is 0 Å². The van der Waals surface area contributed by atoms with E-state index in [0.717, 1.165) is 42.9 Å². The molecule has 0 bridgehead atoms. The second-order valence-corrected chi connectivity index (χ2v) is 4.77. The third-order valence-corrected chi connectivity index (χ3v) is 3.63. The summed E-state index contributed by atoms with van der Waals surface area (Å²) in [5.41, 5.74) is 0.877. The number of aromatic nitrogens is 2. The van der Waals surface area contributed by atoms with E-state index in [4.69, 9.17) is 9.47 Å². The van der Waals surface area contributed by atoms with Gasteiger partial charge in [0.25, 0.3) is 0 Å². The first kappa shape index (κ1) is 12.9. The first-order valence-electron chi connectivity index (χ1n) is 6.77. The molecule has 2 heterocycles. The summed E-state index contributed by atoms with van der Waals surface area (Å²) in [4.78, 5) is 11.1. The Hall–Kier alpha value is -2.08. The smallest absolute Gasteiger partial charge is 0.162 e. The highest BCUT2D eigenvalue weighted by Crippen LogP contribution is 2.34. The van der Waals surface area contributed by atoms with Crippen molar-refractivity contribution in [3.05, 3.63) is 18.5 Å². The van der Waals surface area contributed by atoms with Gasteiger partial charge in [-0.1, -0.05) is 0 Å². The van der Waals surface area contributed by atoms with E-state index < -0.39 is 0 Å². The Morgan fingerprint density at radius 2 is 1.75 bits per heavy atom. The number of nitrogens with two attached hydrogens (primary N) is 1. The Bertz CT molecular complexity index is 611. The predicted molar refractivity (Wildman–Crippen MR) is 76.5 cm³/mol. The lowest BCUT2D eigenvalue weighted by molar-refractivity contribution is -0.655. The Morgan fingerprint density at radius 3 is 2.45 bits per heavy atom. The van der Waals surface area contributed by atoms with Gasteiger partial charge in [-0.15, -0.1) is 0 Å². The number of benzene rings is 1. The van der Waals surface area contributed by atoms with E-state index in [1.54, 1.807) is 20.5 Å². The molecule has 1 aromatic carbocycles. The molecule has 1 fully saturated rings. The largest absolute Gasteiger partial charge is 0.493 e. The number of nitrogens with zero attached hydrogens (tertiary/aromatic N) is 3. The van der Waals surface area contributed by atoms with Crippen LogP contribution in [0.3, 0.4) is 0 Å². The third-order valence-electron chi connectivity index (χ3n) is 3.63. The average Bonchev–Trinajstić information content (AvgIpc) is 2.53. The number of piperazine rings is 1. The van der Waals surface area contributed by atoms with E-state index >= 15 is 0 Å². The fourth-order valence-corrected chi connectivity index (χ4v) is 2.58. The monoisotopic (exact) mass is 275 g/mol. The minimum absolute atomic E-state index is 0.691. The van der Waals surface area contributed by atoms with Crippen molar-refractivity contribution in [2.24, 2.45) is 0 Å². The Labute approximate surface area is 117 Å². The summed E-state index contributed by atoms with van der Waals surface area (Å²) < 4.78 is 10.7. The van der Waals surface area contributed by atoms with Crippen LogP contribution in [-0.2, 0) is 0 Å². The highest BCUT2D eigenvalue weighted by molar-refractivity contribution is 5.92. The first-order chi connectivity index (χ1) is 9.83. The molecule has 0 radical (unpaired) electrons. The van der Waals surface area contributed by atoms with Crippen LogP contribution in [0.1, 0.15) is 0 Å². The van der Waals surface area contributed by atoms with Crippen LogP contribution in [0.25, 0.3) is 10.9 Å². The molecule has 106 valence electrons. The fraction of sp³-hybridized carbons (Fsp3) is 0.429. The van der Waals surface area contributed by atoms with Gasteiger partial charge in [-0.3, -0.25) is 0 Å². The van der Waals surface area contributed by atoms with Crippen LogP contribution in [0.15, 0.2) is 18.5 Å². The molecule has 0 amide bonds. The summed E-state index contributed by atoms with van der Waals surface area (Å²) in [6.45, 7) is 4.19. The van der Waals surface area contributed by atoms with Gasteiger partial charge in [0.05, 0.1) is 45.9 Å². The topological polar surface area (TPSA) is 64.1 Å². The normalized spacial score (nSPS) is 15.4. The zero-order chi connectivity index (χ0) is 13.9. The second-order valence-electron chi connectivity index (χ2n) is 4.77. The van der Waals surface area contributed by atoms with Gasteiger partial charge in [0.2, 0.25) is 0 Å². The molecule has 0 spiro atoms. The second kappa shape index (κ2) is 5.50. The number of hydrogen-bond acceptors (Lipinski definition) is 5. The lowest BCUT2D eigenvalue weighted by Crippen LogP contribution is -2.89. The lowest BCUT2D eigenvalue weighted by atomic mass is 10.2. The summed E-state index contributed by atoms with van der Waals surface area (Å²) in [6.07, 6.45) is 1.61. The maximum absolute atomic E-state index is 5.38. The predicted octanol–water partition coefficient (Wildman–Crippen LogP) is 0.0304. The van der Waals surface area contributed by atoms with Gasteiger partial charge in [-0.2, -0.15) is 0 Å². The van der Waals surface area contributed by atoms with E-state index in [2.05, 4.69) is 20.2 Å². The van der Waals surface area contributed by atoms with Crippen LogP contribution in [0.2, 0.25) is 0 Å². The molecule has 3 rings (SSSR count). The van der Waals surface area contributed by atoms with Gasteiger partial charge in [-0.25, -0.2) is 9.97 Å². The molecular formula is C14H19N4O2+. The van der Waals surface area contributed by atoms with Crippen molar-refractivity contribution in [3.63, 3.8) is 0 Å². The average molecular weight is 275 g/mol. The summed E-state index contributed by atoms with van der Waals surface area (Å²) >= 11 is 0. The van der Waals surface area contributed by atoms with E-state index in [0.29, 0.717) is 11.5 Å². The van der Waals surface area contributed by atoms with Gasteiger partial charge < -0.3 is 19.7 Å². The molecule has 0 saturated carbocycles. The molecule has 1 saturated heterocycles. The number of rotatable bonds is 3. The first-order valence-corrected chi connectivity index (χ1v) is 6.77. The van der Waals surface area contributed by atoms with Gasteiger partial charge in [0, 0.05) is 11.5 Å². The number of anilines is 1. The van der Waals surface area contributed by atoms with Crippen LogP contribution in [0, 0.1) is 0 Å². The number of ether oxygens (including phenoxy) is 2. The molecule has 0 aliphatic carbocycles. The van der Waals surface area contributed by atoms with Crippen LogP contribution in [0.5, 0.6) is 11.5 Å². The molecule has 2 aromatic rings.